The standard InChI is InChI=1S/C15H26N4/c1-13-9-18(2)15(3-6-16)12-19(10-13)11-14-4-7-17-8-5-14/h4-5,7-8,13,15H,3,6,9-12,16H2,1-2H3. The number of hydrogen-bond acceptors (Lipinski definition) is 4. The van der Waals surface area contributed by atoms with Crippen LogP contribution in [0.1, 0.15) is 18.9 Å². The topological polar surface area (TPSA) is 45.4 Å². The van der Waals surface area contributed by atoms with E-state index in [0.717, 1.165) is 39.1 Å². The molecule has 2 N–H and O–H groups in total. The molecular formula is C15H26N4. The molecular weight excluding hydrogens is 236 g/mol. The van der Waals surface area contributed by atoms with Gasteiger partial charge < -0.3 is 10.6 Å². The average molecular weight is 262 g/mol. The van der Waals surface area contributed by atoms with Crippen LogP contribution in [0.25, 0.3) is 0 Å². The van der Waals surface area contributed by atoms with Gasteiger partial charge >= 0.3 is 0 Å². The molecule has 2 heterocycles. The summed E-state index contributed by atoms with van der Waals surface area (Å²) in [4.78, 5) is 9.12. The molecule has 2 rings (SSSR count). The van der Waals surface area contributed by atoms with Crippen molar-refractivity contribution in [1.82, 2.24) is 14.8 Å². The van der Waals surface area contributed by atoms with Gasteiger partial charge in [-0.25, -0.2) is 0 Å². The average Bonchev–Trinajstić information content (AvgIpc) is 2.50. The van der Waals surface area contributed by atoms with Gasteiger partial charge in [-0.1, -0.05) is 6.92 Å². The van der Waals surface area contributed by atoms with Crippen LogP contribution in [0.4, 0.5) is 0 Å². The highest BCUT2D eigenvalue weighted by Crippen LogP contribution is 2.16. The Bertz CT molecular complexity index is 368. The van der Waals surface area contributed by atoms with Gasteiger partial charge in [0.1, 0.15) is 0 Å². The normalized spacial score (nSPS) is 26.3. The molecule has 2 atom stereocenters. The van der Waals surface area contributed by atoms with Crippen molar-refractivity contribution in [2.24, 2.45) is 11.7 Å². The quantitative estimate of drug-likeness (QED) is 0.885. The summed E-state index contributed by atoms with van der Waals surface area (Å²) in [6.45, 7) is 7.56. The number of aromatic nitrogens is 1. The summed E-state index contributed by atoms with van der Waals surface area (Å²) in [7, 11) is 2.23. The molecule has 2 unspecified atom stereocenters. The highest BCUT2D eigenvalue weighted by molar-refractivity contribution is 5.09. The molecule has 1 aliphatic heterocycles. The molecule has 19 heavy (non-hydrogen) atoms. The van der Waals surface area contributed by atoms with E-state index in [1.165, 1.54) is 5.56 Å². The lowest BCUT2D eigenvalue weighted by Crippen LogP contribution is -2.40. The van der Waals surface area contributed by atoms with Crippen molar-refractivity contribution in [3.8, 4) is 0 Å². The van der Waals surface area contributed by atoms with E-state index in [0.29, 0.717) is 12.0 Å². The molecule has 0 bridgehead atoms. The monoisotopic (exact) mass is 262 g/mol. The third-order valence-corrected chi connectivity index (χ3v) is 3.92. The van der Waals surface area contributed by atoms with Crippen LogP contribution in [0.3, 0.4) is 0 Å². The summed E-state index contributed by atoms with van der Waals surface area (Å²) in [6.07, 6.45) is 4.83. The Morgan fingerprint density at radius 3 is 2.68 bits per heavy atom. The van der Waals surface area contributed by atoms with Crippen molar-refractivity contribution >= 4 is 0 Å². The van der Waals surface area contributed by atoms with Crippen LogP contribution in [0, 0.1) is 5.92 Å². The van der Waals surface area contributed by atoms with Crippen LogP contribution in [0.5, 0.6) is 0 Å². The van der Waals surface area contributed by atoms with Crippen LogP contribution in [-0.4, -0.2) is 54.1 Å². The van der Waals surface area contributed by atoms with E-state index < -0.39 is 0 Å². The van der Waals surface area contributed by atoms with Gasteiger partial charge in [0, 0.05) is 44.6 Å². The van der Waals surface area contributed by atoms with Gasteiger partial charge in [-0.2, -0.15) is 0 Å². The Morgan fingerprint density at radius 2 is 2.00 bits per heavy atom. The molecule has 0 radical (unpaired) electrons. The smallest absolute Gasteiger partial charge is 0.0271 e. The van der Waals surface area contributed by atoms with Gasteiger partial charge in [-0.15, -0.1) is 0 Å². The highest BCUT2D eigenvalue weighted by atomic mass is 15.2. The summed E-state index contributed by atoms with van der Waals surface area (Å²) in [5.41, 5.74) is 7.10. The second kappa shape index (κ2) is 6.98. The SMILES string of the molecule is CC1CN(Cc2ccncc2)CC(CCN)N(C)C1. The van der Waals surface area contributed by atoms with Crippen molar-refractivity contribution in [3.05, 3.63) is 30.1 Å². The van der Waals surface area contributed by atoms with E-state index in [4.69, 9.17) is 5.73 Å². The second-order valence-corrected chi connectivity index (χ2v) is 5.83. The maximum atomic E-state index is 5.75. The number of hydrogen-bond donors (Lipinski definition) is 1. The van der Waals surface area contributed by atoms with Crippen molar-refractivity contribution in [3.63, 3.8) is 0 Å². The van der Waals surface area contributed by atoms with E-state index in [2.05, 4.69) is 40.9 Å². The zero-order valence-electron chi connectivity index (χ0n) is 12.1. The third-order valence-electron chi connectivity index (χ3n) is 3.92. The Morgan fingerprint density at radius 1 is 1.26 bits per heavy atom. The second-order valence-electron chi connectivity index (χ2n) is 5.83. The predicted octanol–water partition coefficient (Wildman–Crippen LogP) is 1.18. The van der Waals surface area contributed by atoms with Crippen LogP contribution < -0.4 is 5.73 Å². The van der Waals surface area contributed by atoms with E-state index in [-0.39, 0.29) is 0 Å². The molecule has 1 aromatic heterocycles. The molecule has 0 saturated carbocycles. The first-order valence-electron chi connectivity index (χ1n) is 7.20. The van der Waals surface area contributed by atoms with Gasteiger partial charge in [0.25, 0.3) is 0 Å². The van der Waals surface area contributed by atoms with E-state index >= 15 is 0 Å². The van der Waals surface area contributed by atoms with Crippen molar-refractivity contribution in [2.75, 3.05) is 33.2 Å². The molecule has 1 fully saturated rings. The molecule has 4 nitrogen and oxygen atoms in total. The van der Waals surface area contributed by atoms with Crippen molar-refractivity contribution in [1.29, 1.82) is 0 Å². The van der Waals surface area contributed by atoms with Gasteiger partial charge in [0.2, 0.25) is 0 Å². The first kappa shape index (κ1) is 14.4. The van der Waals surface area contributed by atoms with Crippen LogP contribution in [0.15, 0.2) is 24.5 Å². The number of nitrogens with two attached hydrogens (primary N) is 1. The molecule has 1 aliphatic rings. The zero-order valence-corrected chi connectivity index (χ0v) is 12.1. The predicted molar refractivity (Wildman–Crippen MR) is 78.8 cm³/mol. The Kier molecular flexibility index (Phi) is 5.31. The van der Waals surface area contributed by atoms with E-state index in [1.807, 2.05) is 12.4 Å². The first-order valence-corrected chi connectivity index (χ1v) is 7.20. The van der Waals surface area contributed by atoms with Crippen LogP contribution >= 0.6 is 0 Å². The summed E-state index contributed by atoms with van der Waals surface area (Å²) < 4.78 is 0. The fourth-order valence-electron chi connectivity index (χ4n) is 3.03. The maximum absolute atomic E-state index is 5.75. The minimum atomic E-state index is 0.580. The minimum absolute atomic E-state index is 0.580. The fourth-order valence-corrected chi connectivity index (χ4v) is 3.03. The molecule has 106 valence electrons. The first-order chi connectivity index (χ1) is 9.19. The molecule has 4 heteroatoms. The Hall–Kier alpha value is -0.970. The number of likely N-dealkylation sites (N-methyl/N-ethyl adjacent to an activating group) is 1. The highest BCUT2D eigenvalue weighted by Gasteiger charge is 2.25. The van der Waals surface area contributed by atoms with Gasteiger partial charge in [-0.05, 0) is 43.6 Å². The molecule has 1 aromatic rings. The summed E-state index contributed by atoms with van der Waals surface area (Å²) >= 11 is 0. The largest absolute Gasteiger partial charge is 0.330 e. The molecule has 0 amide bonds. The van der Waals surface area contributed by atoms with Crippen LogP contribution in [-0.2, 0) is 6.54 Å². The molecule has 0 aliphatic carbocycles. The summed E-state index contributed by atoms with van der Waals surface area (Å²) in [5, 5.41) is 0. The van der Waals surface area contributed by atoms with Crippen molar-refractivity contribution in [2.45, 2.75) is 25.9 Å². The lowest BCUT2D eigenvalue weighted by molar-refractivity contribution is 0.196. The fraction of sp³-hybridized carbons (Fsp3) is 0.667. The zero-order chi connectivity index (χ0) is 13.7. The van der Waals surface area contributed by atoms with Gasteiger partial charge in [-0.3, -0.25) is 9.88 Å². The lowest BCUT2D eigenvalue weighted by Gasteiger charge is -2.28. The lowest BCUT2D eigenvalue weighted by atomic mass is 10.1. The van der Waals surface area contributed by atoms with Gasteiger partial charge in [0.05, 0.1) is 0 Å². The molecule has 0 spiro atoms. The Labute approximate surface area is 116 Å². The molecule has 0 aromatic carbocycles. The number of pyridine rings is 1. The summed E-state index contributed by atoms with van der Waals surface area (Å²) in [5.74, 6) is 0.703. The van der Waals surface area contributed by atoms with E-state index in [9.17, 15) is 0 Å². The van der Waals surface area contributed by atoms with Crippen molar-refractivity contribution < 1.29 is 0 Å². The minimum Gasteiger partial charge on any atom is -0.330 e. The maximum Gasteiger partial charge on any atom is 0.0271 e. The number of rotatable bonds is 4. The molecule has 1 saturated heterocycles. The summed E-state index contributed by atoms with van der Waals surface area (Å²) in [6, 6.07) is 4.80. The van der Waals surface area contributed by atoms with E-state index in [1.54, 1.807) is 0 Å². The Balaban J connectivity index is 2.02. The number of nitrogens with zero attached hydrogens (tertiary/aromatic N) is 3. The van der Waals surface area contributed by atoms with Crippen LogP contribution in [0.2, 0.25) is 0 Å². The third kappa shape index (κ3) is 4.27. The van der Waals surface area contributed by atoms with Gasteiger partial charge in [0.15, 0.2) is 0 Å².